The van der Waals surface area contributed by atoms with Crippen LogP contribution in [0.25, 0.3) is 5.69 Å². The molecular formula is C31H40N6O4S. The summed E-state index contributed by atoms with van der Waals surface area (Å²) in [7, 11) is 0. The number of aromatic nitrogens is 3. The first-order valence-corrected chi connectivity index (χ1v) is 15.1. The molecule has 1 aliphatic heterocycles. The number of amides is 1. The van der Waals surface area contributed by atoms with Gasteiger partial charge in [0.15, 0.2) is 11.8 Å². The number of hydrogen-bond donors (Lipinski definition) is 2. The summed E-state index contributed by atoms with van der Waals surface area (Å²) in [6.45, 7) is 13.9. The highest BCUT2D eigenvalue weighted by atomic mass is 32.2. The Morgan fingerprint density at radius 1 is 1.17 bits per heavy atom. The number of pyridine rings is 1. The summed E-state index contributed by atoms with van der Waals surface area (Å²) in [4.78, 5) is 25.5. The van der Waals surface area contributed by atoms with Gasteiger partial charge in [-0.2, -0.15) is 0 Å². The maximum absolute atomic E-state index is 12.0. The van der Waals surface area contributed by atoms with Gasteiger partial charge >= 0.3 is 6.09 Å². The number of nitrogens with one attached hydrogen (secondary N) is 1. The van der Waals surface area contributed by atoms with Gasteiger partial charge in [-0.1, -0.05) is 23.6 Å². The van der Waals surface area contributed by atoms with E-state index in [4.69, 9.17) is 9.47 Å². The predicted octanol–water partition coefficient (Wildman–Crippen LogP) is 3.69. The molecule has 1 aromatic carbocycles. The van der Waals surface area contributed by atoms with Crippen LogP contribution in [0.5, 0.6) is 5.75 Å². The topological polar surface area (TPSA) is 105 Å². The molecule has 10 nitrogen and oxygen atoms in total. The van der Waals surface area contributed by atoms with Crippen LogP contribution in [0, 0.1) is 18.8 Å². The fourth-order valence-corrected chi connectivity index (χ4v) is 5.34. The zero-order valence-corrected chi connectivity index (χ0v) is 25.6. The maximum Gasteiger partial charge on any atom is 0.408 e. The molecule has 0 radical (unpaired) electrons. The van der Waals surface area contributed by atoms with E-state index in [0.29, 0.717) is 23.5 Å². The number of aliphatic hydroxyl groups excluding tert-OH is 1. The van der Waals surface area contributed by atoms with Crippen LogP contribution in [0.3, 0.4) is 0 Å². The molecule has 1 unspecified atom stereocenters. The first-order valence-electron chi connectivity index (χ1n) is 14.2. The van der Waals surface area contributed by atoms with Crippen molar-refractivity contribution < 1.29 is 19.4 Å². The number of alkyl carbamates (subject to hydrolysis) is 1. The Kier molecular flexibility index (Phi) is 11.7. The number of benzene rings is 1. The molecule has 224 valence electrons. The first-order chi connectivity index (χ1) is 20.3. The van der Waals surface area contributed by atoms with Crippen LogP contribution < -0.4 is 10.1 Å². The van der Waals surface area contributed by atoms with Crippen molar-refractivity contribution in [3.63, 3.8) is 0 Å². The van der Waals surface area contributed by atoms with Gasteiger partial charge < -0.3 is 19.9 Å². The largest absolute Gasteiger partial charge is 0.487 e. The molecule has 0 bridgehead atoms. The number of thioether (sulfide) groups is 1. The summed E-state index contributed by atoms with van der Waals surface area (Å²) >= 11 is 1.26. The highest BCUT2D eigenvalue weighted by Gasteiger charge is 2.18. The number of piperazine rings is 1. The lowest BCUT2D eigenvalue weighted by Gasteiger charge is -2.36. The third-order valence-electron chi connectivity index (χ3n) is 6.90. The van der Waals surface area contributed by atoms with Crippen LogP contribution in [-0.2, 0) is 11.3 Å². The van der Waals surface area contributed by atoms with E-state index in [0.717, 1.165) is 55.2 Å². The predicted molar refractivity (Wildman–Crippen MR) is 164 cm³/mol. The monoisotopic (exact) mass is 592 g/mol. The van der Waals surface area contributed by atoms with Crippen molar-refractivity contribution in [1.82, 2.24) is 29.7 Å². The van der Waals surface area contributed by atoms with Gasteiger partial charge in [-0.25, -0.2) is 9.78 Å². The summed E-state index contributed by atoms with van der Waals surface area (Å²) < 4.78 is 13.2. The van der Waals surface area contributed by atoms with Gasteiger partial charge in [0.2, 0.25) is 0 Å². The highest BCUT2D eigenvalue weighted by Crippen LogP contribution is 2.26. The van der Waals surface area contributed by atoms with Crippen LogP contribution in [0.2, 0.25) is 0 Å². The summed E-state index contributed by atoms with van der Waals surface area (Å²) in [6.07, 6.45) is 4.75. The number of aryl methyl sites for hydroxylation is 1. The third-order valence-corrected chi connectivity index (χ3v) is 7.74. The van der Waals surface area contributed by atoms with Crippen molar-refractivity contribution in [2.24, 2.45) is 0 Å². The van der Waals surface area contributed by atoms with Gasteiger partial charge in [0.25, 0.3) is 0 Å². The molecule has 11 heteroatoms. The number of carbonyl (C=O) groups excluding carboxylic acids is 1. The molecule has 42 heavy (non-hydrogen) atoms. The number of rotatable bonds is 11. The number of aliphatic hydroxyl groups is 1. The molecular weight excluding hydrogens is 552 g/mol. The molecule has 3 heterocycles. The summed E-state index contributed by atoms with van der Waals surface area (Å²) in [5.41, 5.74) is 2.86. The SMILES string of the molecule is Cc1cc(OCc2cnc(SC(C)O)n2-c2cccnc2)ccc1C#CCOC(=O)NCCN1CCN(C(C)C)CC1. The zero-order valence-electron chi connectivity index (χ0n) is 24.7. The van der Waals surface area contributed by atoms with E-state index in [9.17, 15) is 9.90 Å². The van der Waals surface area contributed by atoms with Crippen LogP contribution in [0.4, 0.5) is 4.79 Å². The molecule has 3 aromatic rings. The van der Waals surface area contributed by atoms with Gasteiger partial charge in [0.05, 0.1) is 23.8 Å². The van der Waals surface area contributed by atoms with E-state index in [1.54, 1.807) is 25.5 Å². The fourth-order valence-electron chi connectivity index (χ4n) is 4.59. The molecule has 1 aliphatic rings. The summed E-state index contributed by atoms with van der Waals surface area (Å²) in [5.74, 6) is 6.69. The minimum atomic E-state index is -0.603. The maximum atomic E-state index is 12.0. The van der Waals surface area contributed by atoms with Crippen molar-refractivity contribution in [2.75, 3.05) is 45.9 Å². The first kappa shape index (κ1) is 31.4. The normalized spacial score (nSPS) is 14.7. The average Bonchev–Trinajstić information content (AvgIpc) is 3.37. The van der Waals surface area contributed by atoms with E-state index in [1.807, 2.05) is 41.8 Å². The Morgan fingerprint density at radius 2 is 1.98 bits per heavy atom. The van der Waals surface area contributed by atoms with Crippen molar-refractivity contribution in [3.05, 3.63) is 65.7 Å². The molecule has 2 N–H and O–H groups in total. The van der Waals surface area contributed by atoms with Crippen LogP contribution in [0.1, 0.15) is 37.6 Å². The zero-order chi connectivity index (χ0) is 29.9. The standard InChI is InChI=1S/C31H40N6O4S/c1-23(2)36-16-14-35(15-17-36)13-12-33-31(39)40-18-6-7-26-9-10-29(19-24(26)3)41-22-28-21-34-30(42-25(4)38)37(28)27-8-5-11-32-20-27/h5,8-11,19-21,23,25,38H,12-18,22H2,1-4H3,(H,33,39). The van der Waals surface area contributed by atoms with Crippen molar-refractivity contribution in [2.45, 2.75) is 50.9 Å². The molecule has 2 aromatic heterocycles. The second-order valence-corrected chi connectivity index (χ2v) is 11.6. The Hall–Kier alpha value is -3.56. The van der Waals surface area contributed by atoms with Crippen LogP contribution in [0.15, 0.2) is 54.1 Å². The second kappa shape index (κ2) is 15.6. The van der Waals surface area contributed by atoms with Crippen molar-refractivity contribution >= 4 is 17.9 Å². The van der Waals surface area contributed by atoms with E-state index in [1.165, 1.54) is 11.8 Å². The quantitative estimate of drug-likeness (QED) is 0.196. The summed E-state index contributed by atoms with van der Waals surface area (Å²) in [6, 6.07) is 10.0. The molecule has 4 rings (SSSR count). The molecule has 1 fully saturated rings. The van der Waals surface area contributed by atoms with E-state index < -0.39 is 11.5 Å². The number of ether oxygens (including phenoxy) is 2. The Labute approximate surface area is 252 Å². The molecule has 1 atom stereocenters. The second-order valence-electron chi connectivity index (χ2n) is 10.3. The van der Waals surface area contributed by atoms with Crippen LogP contribution in [-0.4, -0.2) is 92.9 Å². The molecule has 1 amide bonds. The molecule has 0 aliphatic carbocycles. The fraction of sp³-hybridized carbons (Fsp3) is 0.452. The molecule has 1 saturated heterocycles. The molecule has 0 saturated carbocycles. The van der Waals surface area contributed by atoms with Gasteiger partial charge in [0, 0.05) is 57.1 Å². The Morgan fingerprint density at radius 3 is 2.67 bits per heavy atom. The number of carbonyl (C=O) groups is 1. The van der Waals surface area contributed by atoms with Gasteiger partial charge in [0.1, 0.15) is 17.8 Å². The van der Waals surface area contributed by atoms with Gasteiger partial charge in [-0.3, -0.25) is 19.4 Å². The van der Waals surface area contributed by atoms with Crippen LogP contribution >= 0.6 is 11.8 Å². The number of imidazole rings is 1. The highest BCUT2D eigenvalue weighted by molar-refractivity contribution is 7.99. The lowest BCUT2D eigenvalue weighted by molar-refractivity contribution is 0.108. The smallest absolute Gasteiger partial charge is 0.408 e. The third kappa shape index (κ3) is 9.22. The van der Waals surface area contributed by atoms with E-state index in [-0.39, 0.29) is 13.2 Å². The number of hydrogen-bond acceptors (Lipinski definition) is 9. The van der Waals surface area contributed by atoms with Crippen molar-refractivity contribution in [1.29, 1.82) is 0 Å². The minimum absolute atomic E-state index is 0.0156. The van der Waals surface area contributed by atoms with Crippen molar-refractivity contribution in [3.8, 4) is 23.3 Å². The lowest BCUT2D eigenvalue weighted by atomic mass is 10.1. The number of nitrogens with zero attached hydrogens (tertiary/aromatic N) is 5. The average molecular weight is 593 g/mol. The Balaban J connectivity index is 1.23. The Bertz CT molecular complexity index is 1360. The van der Waals surface area contributed by atoms with Gasteiger partial charge in [-0.05, 0) is 63.6 Å². The van der Waals surface area contributed by atoms with E-state index >= 15 is 0 Å². The lowest BCUT2D eigenvalue weighted by Crippen LogP contribution is -2.50. The van der Waals surface area contributed by atoms with Gasteiger partial charge in [-0.15, -0.1) is 0 Å². The molecule has 0 spiro atoms. The summed E-state index contributed by atoms with van der Waals surface area (Å²) in [5, 5.41) is 13.3. The minimum Gasteiger partial charge on any atom is -0.487 e. The van der Waals surface area contributed by atoms with E-state index in [2.05, 4.69) is 50.8 Å².